The Morgan fingerprint density at radius 1 is 0.846 bits per heavy atom. The molecule has 0 heterocycles. The molecule has 8 heteroatoms. The van der Waals surface area contributed by atoms with Crippen molar-refractivity contribution in [3.8, 4) is 11.1 Å². The fraction of sp³-hybridized carbons (Fsp3) is 0.129. The number of carboxylic acids is 1. The zero-order valence-corrected chi connectivity index (χ0v) is 21.6. The molecule has 0 aliphatic heterocycles. The van der Waals surface area contributed by atoms with E-state index in [0.29, 0.717) is 0 Å². The molecule has 5 rings (SSSR count). The van der Waals surface area contributed by atoms with Crippen molar-refractivity contribution in [3.63, 3.8) is 0 Å². The van der Waals surface area contributed by atoms with Gasteiger partial charge in [-0.3, -0.25) is 14.9 Å². The van der Waals surface area contributed by atoms with Crippen molar-refractivity contribution in [1.82, 2.24) is 4.90 Å². The van der Waals surface area contributed by atoms with E-state index < -0.39 is 24.5 Å². The van der Waals surface area contributed by atoms with Gasteiger partial charge in [-0.25, -0.2) is 4.79 Å². The predicted molar refractivity (Wildman–Crippen MR) is 149 cm³/mol. The monoisotopic (exact) mass is 540 g/mol. The van der Waals surface area contributed by atoms with E-state index in [1.54, 1.807) is 0 Å². The van der Waals surface area contributed by atoms with Crippen LogP contribution in [-0.4, -0.2) is 41.1 Å². The van der Waals surface area contributed by atoms with Crippen LogP contribution in [0, 0.1) is 0 Å². The quantitative estimate of drug-likeness (QED) is 0.268. The summed E-state index contributed by atoms with van der Waals surface area (Å²) in [5.74, 6) is -1.74. The lowest BCUT2D eigenvalue weighted by Crippen LogP contribution is -2.35. The number of carbonyl (C=O) groups excluding carboxylic acids is 2. The number of ether oxygens (including phenoxy) is 1. The van der Waals surface area contributed by atoms with Crippen LogP contribution in [-0.2, 0) is 16.1 Å². The van der Waals surface area contributed by atoms with Crippen molar-refractivity contribution in [1.29, 1.82) is 0 Å². The smallest absolute Gasteiger partial charge is 0.411 e. The largest absolute Gasteiger partial charge is 0.480 e. The molecule has 0 aromatic heterocycles. The van der Waals surface area contributed by atoms with Crippen LogP contribution < -0.4 is 5.32 Å². The van der Waals surface area contributed by atoms with Crippen molar-refractivity contribution < 1.29 is 24.2 Å². The second-order valence-electron chi connectivity index (χ2n) is 9.19. The van der Waals surface area contributed by atoms with Crippen LogP contribution in [0.4, 0.5) is 10.5 Å². The number of rotatable bonds is 8. The lowest BCUT2D eigenvalue weighted by molar-refractivity contribution is -0.137. The number of fused-ring (bicyclic) bond motifs is 3. The van der Waals surface area contributed by atoms with Crippen molar-refractivity contribution >= 4 is 35.3 Å². The van der Waals surface area contributed by atoms with E-state index in [-0.39, 0.29) is 35.3 Å². The molecule has 2 amide bonds. The Morgan fingerprint density at radius 2 is 1.46 bits per heavy atom. The summed E-state index contributed by atoms with van der Waals surface area (Å²) in [5.41, 5.74) is 5.59. The van der Waals surface area contributed by atoms with Gasteiger partial charge in [0.05, 0.1) is 10.7 Å². The number of anilines is 1. The van der Waals surface area contributed by atoms with E-state index in [0.717, 1.165) is 27.8 Å². The number of nitrogens with one attached hydrogen (secondary N) is 1. The highest BCUT2D eigenvalue weighted by Gasteiger charge is 2.29. The maximum absolute atomic E-state index is 13.2. The van der Waals surface area contributed by atoms with Gasteiger partial charge in [0, 0.05) is 18.0 Å². The van der Waals surface area contributed by atoms with E-state index in [2.05, 4.69) is 17.4 Å². The van der Waals surface area contributed by atoms with Crippen LogP contribution in [0.3, 0.4) is 0 Å². The lowest BCUT2D eigenvalue weighted by Gasteiger charge is -2.21. The van der Waals surface area contributed by atoms with Gasteiger partial charge in [0.25, 0.3) is 5.91 Å². The summed E-state index contributed by atoms with van der Waals surface area (Å²) >= 11 is 6.31. The minimum Gasteiger partial charge on any atom is -0.480 e. The van der Waals surface area contributed by atoms with Gasteiger partial charge < -0.3 is 14.7 Å². The first-order valence-corrected chi connectivity index (χ1v) is 12.7. The number of amides is 2. The molecular weight excluding hydrogens is 516 g/mol. The summed E-state index contributed by atoms with van der Waals surface area (Å²) in [4.78, 5) is 38.7. The van der Waals surface area contributed by atoms with Crippen molar-refractivity contribution in [2.45, 2.75) is 12.5 Å². The zero-order chi connectivity index (χ0) is 27.4. The van der Waals surface area contributed by atoms with E-state index in [1.165, 1.54) is 23.1 Å². The third kappa shape index (κ3) is 5.78. The van der Waals surface area contributed by atoms with Gasteiger partial charge in [-0.05, 0) is 46.0 Å². The molecule has 0 atom stereocenters. The van der Waals surface area contributed by atoms with Gasteiger partial charge in [-0.2, -0.15) is 0 Å². The highest BCUT2D eigenvalue weighted by atomic mass is 35.5. The number of hydrogen-bond acceptors (Lipinski definition) is 4. The molecule has 4 aromatic carbocycles. The predicted octanol–water partition coefficient (Wildman–Crippen LogP) is 6.43. The van der Waals surface area contributed by atoms with Crippen LogP contribution in [0.25, 0.3) is 11.1 Å². The molecule has 0 saturated heterocycles. The third-order valence-electron chi connectivity index (χ3n) is 6.62. The number of halogens is 1. The average molecular weight is 541 g/mol. The maximum atomic E-state index is 13.2. The number of nitrogens with zero attached hydrogens (tertiary/aromatic N) is 1. The van der Waals surface area contributed by atoms with E-state index in [4.69, 9.17) is 16.3 Å². The molecule has 1 aliphatic rings. The van der Waals surface area contributed by atoms with Crippen LogP contribution in [0.2, 0.25) is 5.02 Å². The zero-order valence-electron chi connectivity index (χ0n) is 20.8. The highest BCUT2D eigenvalue weighted by Crippen LogP contribution is 2.44. The summed E-state index contributed by atoms with van der Waals surface area (Å²) in [7, 11) is 0. The van der Waals surface area contributed by atoms with Gasteiger partial charge in [-0.15, -0.1) is 0 Å². The SMILES string of the molecule is O=C(O)CN(Cc1ccccc1)C(=O)c1ccc(Cl)c(NC(=O)OCC2c3ccccc3-c3ccccc32)c1. The summed E-state index contributed by atoms with van der Waals surface area (Å²) in [6.45, 7) is -0.241. The Balaban J connectivity index is 1.29. The molecule has 1 aliphatic carbocycles. The molecule has 0 radical (unpaired) electrons. The summed E-state index contributed by atoms with van der Waals surface area (Å²) < 4.78 is 5.60. The van der Waals surface area contributed by atoms with Crippen molar-refractivity contribution in [2.75, 3.05) is 18.5 Å². The Labute approximate surface area is 230 Å². The molecule has 39 heavy (non-hydrogen) atoms. The van der Waals surface area contributed by atoms with Gasteiger partial charge in [0.1, 0.15) is 13.2 Å². The molecule has 4 aromatic rings. The number of hydrogen-bond donors (Lipinski definition) is 2. The second kappa shape index (κ2) is 11.4. The number of carbonyl (C=O) groups is 3. The van der Waals surface area contributed by atoms with Crippen LogP contribution in [0.1, 0.15) is 33.0 Å². The molecule has 196 valence electrons. The highest BCUT2D eigenvalue weighted by molar-refractivity contribution is 6.33. The van der Waals surface area contributed by atoms with Gasteiger partial charge in [0.15, 0.2) is 0 Å². The average Bonchev–Trinajstić information content (AvgIpc) is 3.26. The summed E-state index contributed by atoms with van der Waals surface area (Å²) in [6.07, 6.45) is -0.713. The minimum atomic E-state index is -1.13. The first-order valence-electron chi connectivity index (χ1n) is 12.4. The maximum Gasteiger partial charge on any atom is 0.411 e. The molecule has 7 nitrogen and oxygen atoms in total. The van der Waals surface area contributed by atoms with Gasteiger partial charge >= 0.3 is 12.1 Å². The molecule has 0 unspecified atom stereocenters. The molecule has 0 bridgehead atoms. The van der Waals surface area contributed by atoms with Gasteiger partial charge in [-0.1, -0.05) is 90.5 Å². The molecule has 0 fully saturated rings. The van der Waals surface area contributed by atoms with Crippen LogP contribution >= 0.6 is 11.6 Å². The normalized spacial score (nSPS) is 11.8. The number of carboxylic acid groups (broad SMARTS) is 1. The summed E-state index contributed by atoms with van der Waals surface area (Å²) in [6, 6.07) is 29.6. The van der Waals surface area contributed by atoms with Crippen molar-refractivity contribution in [2.24, 2.45) is 0 Å². The first-order chi connectivity index (χ1) is 18.9. The number of aliphatic carboxylic acids is 1. The molecule has 2 N–H and O–H groups in total. The van der Waals surface area contributed by atoms with E-state index in [1.807, 2.05) is 66.7 Å². The van der Waals surface area contributed by atoms with E-state index >= 15 is 0 Å². The second-order valence-corrected chi connectivity index (χ2v) is 9.59. The summed E-state index contributed by atoms with van der Waals surface area (Å²) in [5, 5.41) is 12.2. The Bertz CT molecular complexity index is 1490. The number of benzene rings is 4. The van der Waals surface area contributed by atoms with Crippen LogP contribution in [0.15, 0.2) is 97.1 Å². The minimum absolute atomic E-state index is 0.103. The first kappa shape index (κ1) is 26.0. The fourth-order valence-corrected chi connectivity index (χ4v) is 5.01. The Morgan fingerprint density at radius 3 is 2.10 bits per heavy atom. The van der Waals surface area contributed by atoms with Gasteiger partial charge in [0.2, 0.25) is 0 Å². The molecular formula is C31H25ClN2O5. The lowest BCUT2D eigenvalue weighted by atomic mass is 9.98. The Hall–Kier alpha value is -4.62. The van der Waals surface area contributed by atoms with Crippen molar-refractivity contribution in [3.05, 3.63) is 124 Å². The Kier molecular flexibility index (Phi) is 7.61. The standard InChI is InChI=1S/C31H25ClN2O5/c32-27-15-14-21(30(37)34(18-29(35)36)17-20-8-2-1-3-9-20)16-28(27)33-31(38)39-19-26-24-12-6-4-10-22(24)23-11-5-7-13-25(23)26/h1-16,26H,17-19H2,(H,33,38)(H,35,36). The van der Waals surface area contributed by atoms with Crippen LogP contribution in [0.5, 0.6) is 0 Å². The third-order valence-corrected chi connectivity index (χ3v) is 6.95. The molecule has 0 spiro atoms. The topological polar surface area (TPSA) is 95.9 Å². The molecule has 0 saturated carbocycles. The van der Waals surface area contributed by atoms with E-state index in [9.17, 15) is 19.5 Å². The fourth-order valence-electron chi connectivity index (χ4n) is 4.85.